The Labute approximate surface area is 340 Å². The summed E-state index contributed by atoms with van der Waals surface area (Å²) in [4.78, 5) is 33.9. The highest BCUT2D eigenvalue weighted by molar-refractivity contribution is 6.03. The Kier molecular flexibility index (Phi) is 9.70. The van der Waals surface area contributed by atoms with Crippen LogP contribution in [0.3, 0.4) is 0 Å². The SMILES string of the molecule is C#Cc1c(F)ccc2cc(O)cc(-c3nc4c5c(nc(OC[C@@]67CCCN6C[C@H](F)C7)nc5c3F)N3C[C@@H](CC)N(Cc5oc(=O)oc5C(C)(C)C)C[C@H]3CC[C@H]4C)c12. The van der Waals surface area contributed by atoms with Gasteiger partial charge >= 0.3 is 11.8 Å². The molecule has 11 nitrogen and oxygen atoms in total. The van der Waals surface area contributed by atoms with Crippen LogP contribution in [-0.4, -0.2) is 86.4 Å². The molecule has 2 aromatic carbocycles. The molecule has 0 amide bonds. The highest BCUT2D eigenvalue weighted by Crippen LogP contribution is 2.46. The van der Waals surface area contributed by atoms with Crippen molar-refractivity contribution in [1.29, 1.82) is 0 Å². The van der Waals surface area contributed by atoms with Crippen LogP contribution in [0.5, 0.6) is 11.8 Å². The van der Waals surface area contributed by atoms with Crippen LogP contribution >= 0.6 is 0 Å². The number of halogens is 3. The van der Waals surface area contributed by atoms with Gasteiger partial charge in [-0.05, 0) is 68.2 Å². The molecule has 5 aromatic rings. The number of aromatic nitrogens is 3. The lowest BCUT2D eigenvalue weighted by Crippen LogP contribution is -2.58. The quantitative estimate of drug-likeness (QED) is 0.161. The van der Waals surface area contributed by atoms with E-state index in [2.05, 4.69) is 27.5 Å². The zero-order valence-corrected chi connectivity index (χ0v) is 34.1. The zero-order valence-electron chi connectivity index (χ0n) is 34.1. The summed E-state index contributed by atoms with van der Waals surface area (Å²) in [6.45, 7) is 12.8. The number of hydrogen-bond donors (Lipinski definition) is 1. The molecule has 4 aliphatic rings. The van der Waals surface area contributed by atoms with Gasteiger partial charge in [-0.25, -0.2) is 22.9 Å². The number of alkyl halides is 1. The summed E-state index contributed by atoms with van der Waals surface area (Å²) < 4.78 is 65.3. The van der Waals surface area contributed by atoms with E-state index >= 15 is 8.78 Å². The van der Waals surface area contributed by atoms with Crippen LogP contribution in [0.1, 0.15) is 102 Å². The number of fused-ring (bicyclic) bond motifs is 4. The molecule has 1 N–H and O–H groups in total. The predicted octanol–water partition coefficient (Wildman–Crippen LogP) is 7.98. The first kappa shape index (κ1) is 39.3. The number of pyridine rings is 1. The second kappa shape index (κ2) is 14.6. The van der Waals surface area contributed by atoms with Gasteiger partial charge in [-0.2, -0.15) is 9.97 Å². The number of phenolic OH excluding ortho intramolecular Hbond substituents is 1. The van der Waals surface area contributed by atoms with Crippen molar-refractivity contribution in [2.24, 2.45) is 0 Å². The van der Waals surface area contributed by atoms with Gasteiger partial charge in [0, 0.05) is 54.5 Å². The molecule has 3 fully saturated rings. The maximum atomic E-state index is 17.7. The summed E-state index contributed by atoms with van der Waals surface area (Å²) in [5.74, 6) is 1.41. The molecule has 4 aliphatic heterocycles. The molecular formula is C45H49F3N6O5. The lowest BCUT2D eigenvalue weighted by molar-refractivity contribution is 0.107. The van der Waals surface area contributed by atoms with Crippen molar-refractivity contribution in [1.82, 2.24) is 24.8 Å². The van der Waals surface area contributed by atoms with Crippen LogP contribution in [0.4, 0.5) is 19.0 Å². The number of anilines is 1. The number of benzene rings is 2. The molecule has 0 saturated carbocycles. The van der Waals surface area contributed by atoms with Crippen molar-refractivity contribution >= 4 is 27.5 Å². The van der Waals surface area contributed by atoms with Crippen molar-refractivity contribution in [2.45, 2.75) is 115 Å². The lowest BCUT2D eigenvalue weighted by atomic mass is 9.88. The Morgan fingerprint density at radius 3 is 2.66 bits per heavy atom. The minimum atomic E-state index is -0.965. The van der Waals surface area contributed by atoms with E-state index in [1.54, 1.807) is 0 Å². The van der Waals surface area contributed by atoms with E-state index in [0.717, 1.165) is 32.2 Å². The van der Waals surface area contributed by atoms with Crippen LogP contribution in [0.2, 0.25) is 0 Å². The van der Waals surface area contributed by atoms with Gasteiger partial charge in [0.25, 0.3) is 0 Å². The molecule has 0 bridgehead atoms. The highest BCUT2D eigenvalue weighted by Gasteiger charge is 2.49. The van der Waals surface area contributed by atoms with E-state index in [1.165, 1.54) is 24.3 Å². The van der Waals surface area contributed by atoms with E-state index in [0.29, 0.717) is 72.8 Å². The van der Waals surface area contributed by atoms with Gasteiger partial charge < -0.3 is 23.6 Å². The van der Waals surface area contributed by atoms with Crippen LogP contribution in [0.25, 0.3) is 32.9 Å². The van der Waals surface area contributed by atoms with E-state index in [9.17, 15) is 14.3 Å². The molecule has 0 aliphatic carbocycles. The number of ether oxygens (including phenoxy) is 1. The fraction of sp³-hybridized carbons (Fsp3) is 0.511. The van der Waals surface area contributed by atoms with Crippen molar-refractivity contribution in [3.63, 3.8) is 0 Å². The Hall–Kier alpha value is -5.13. The molecule has 7 heterocycles. The monoisotopic (exact) mass is 810 g/mol. The smallest absolute Gasteiger partial charge is 0.508 e. The number of terminal acetylenes is 1. The summed E-state index contributed by atoms with van der Waals surface area (Å²) in [7, 11) is 0. The van der Waals surface area contributed by atoms with Crippen LogP contribution < -0.4 is 15.5 Å². The largest absolute Gasteiger partial charge is 0.519 e. The summed E-state index contributed by atoms with van der Waals surface area (Å²) in [6, 6.07) is 5.39. The first-order valence-corrected chi connectivity index (χ1v) is 20.7. The number of phenols is 1. The Morgan fingerprint density at radius 1 is 1.08 bits per heavy atom. The number of aromatic hydroxyl groups is 1. The standard InChI is InChI=1S/C45H49F3N6O5/c1-7-27-21-54-28(20-52(27)22-33-40(44(4,5)6)59-43(56)58-33)12-10-24(3)37-35-39(50-42(51-41(35)54)57-23-45-14-9-15-53(45)19-26(46)18-45)36(48)38(49-37)31-17-29(55)16-25-11-13-32(47)30(8-2)34(25)31/h2,11,13,16-17,24,26-28,55H,7,9-10,12,14-15,18-23H2,1,3-6H3/t24-,26-,27-,28-,45+/m1/s1. The molecular weight excluding hydrogens is 762 g/mol. The molecule has 5 atom stereocenters. The minimum Gasteiger partial charge on any atom is -0.508 e. The Morgan fingerprint density at radius 2 is 1.90 bits per heavy atom. The maximum Gasteiger partial charge on any atom is 0.519 e. The maximum absolute atomic E-state index is 17.7. The van der Waals surface area contributed by atoms with Crippen molar-refractivity contribution in [3.8, 4) is 35.4 Å². The topological polar surface area (TPSA) is 121 Å². The number of nitrogens with zero attached hydrogens (tertiary/aromatic N) is 6. The first-order chi connectivity index (χ1) is 28.2. The van der Waals surface area contributed by atoms with Gasteiger partial charge in [-0.3, -0.25) is 9.80 Å². The summed E-state index contributed by atoms with van der Waals surface area (Å²) in [6.07, 6.45) is 9.05. The van der Waals surface area contributed by atoms with Gasteiger partial charge in [0.1, 0.15) is 41.4 Å². The number of piperazine rings is 1. The average molecular weight is 811 g/mol. The lowest BCUT2D eigenvalue weighted by Gasteiger charge is -2.48. The molecule has 9 rings (SSSR count). The van der Waals surface area contributed by atoms with Crippen molar-refractivity contribution < 1.29 is 31.8 Å². The average Bonchev–Trinajstić information content (AvgIpc) is 3.86. The molecule has 14 heteroatoms. The first-order valence-electron chi connectivity index (χ1n) is 20.7. The minimum absolute atomic E-state index is 0.0197. The normalized spacial score (nSPS) is 24.9. The number of hydrogen-bond acceptors (Lipinski definition) is 11. The van der Waals surface area contributed by atoms with E-state index in [1.807, 2.05) is 27.7 Å². The molecule has 310 valence electrons. The van der Waals surface area contributed by atoms with Gasteiger partial charge in [0.05, 0.1) is 28.7 Å². The third kappa shape index (κ3) is 6.70. The summed E-state index contributed by atoms with van der Waals surface area (Å²) in [5.41, 5.74) is -0.458. The van der Waals surface area contributed by atoms with Gasteiger partial charge in [0.2, 0.25) is 0 Å². The molecule has 0 unspecified atom stereocenters. The van der Waals surface area contributed by atoms with Gasteiger partial charge in [0.15, 0.2) is 17.3 Å². The van der Waals surface area contributed by atoms with Gasteiger partial charge in [-0.1, -0.05) is 46.6 Å². The molecule has 0 radical (unpaired) electrons. The van der Waals surface area contributed by atoms with Crippen LogP contribution in [-0.2, 0) is 12.0 Å². The van der Waals surface area contributed by atoms with Crippen LogP contribution in [0.15, 0.2) is 37.9 Å². The molecule has 0 spiro atoms. The molecule has 3 saturated heterocycles. The Bertz CT molecular complexity index is 2580. The van der Waals surface area contributed by atoms with E-state index < -0.39 is 34.6 Å². The Balaban J connectivity index is 1.21. The fourth-order valence-corrected chi connectivity index (χ4v) is 10.2. The summed E-state index contributed by atoms with van der Waals surface area (Å²) in [5, 5.41) is 12.0. The van der Waals surface area contributed by atoms with Gasteiger partial charge in [-0.15, -0.1) is 6.42 Å². The number of rotatable bonds is 7. The second-order valence-electron chi connectivity index (χ2n) is 18.0. The highest BCUT2D eigenvalue weighted by atomic mass is 19.1. The van der Waals surface area contributed by atoms with E-state index in [-0.39, 0.29) is 64.1 Å². The fourth-order valence-electron chi connectivity index (χ4n) is 10.2. The van der Waals surface area contributed by atoms with Crippen LogP contribution in [0, 0.1) is 24.0 Å². The summed E-state index contributed by atoms with van der Waals surface area (Å²) >= 11 is 0. The third-order valence-electron chi connectivity index (χ3n) is 13.1. The van der Waals surface area contributed by atoms with E-state index in [4.69, 9.17) is 34.9 Å². The second-order valence-corrected chi connectivity index (χ2v) is 18.0. The molecule has 59 heavy (non-hydrogen) atoms. The molecule has 3 aromatic heterocycles. The predicted molar refractivity (Wildman–Crippen MR) is 218 cm³/mol. The van der Waals surface area contributed by atoms with Crippen molar-refractivity contribution in [2.75, 3.05) is 37.7 Å². The third-order valence-corrected chi connectivity index (χ3v) is 13.1. The zero-order chi connectivity index (χ0) is 41.5. The van der Waals surface area contributed by atoms with Crippen molar-refractivity contribution in [3.05, 3.63) is 69.3 Å².